The SMILES string of the molecule is CC[Se+](C)c1c(OC)cccc1OC. The molecule has 0 aliphatic rings. The van der Waals surface area contributed by atoms with E-state index in [0.29, 0.717) is 0 Å². The maximum atomic E-state index is 5.36. The standard InChI is InChI=1S/C11H17O2Se/c1-5-14(4)11-9(12-2)7-6-8-10(11)13-3/h6-8H,5H2,1-4H3/q+1. The fourth-order valence-corrected chi connectivity index (χ4v) is 3.99. The molecule has 1 atom stereocenters. The van der Waals surface area contributed by atoms with Gasteiger partial charge in [0.05, 0.1) is 0 Å². The third-order valence-electron chi connectivity index (χ3n) is 2.16. The molecule has 0 aliphatic carbocycles. The molecule has 0 saturated heterocycles. The molecule has 14 heavy (non-hydrogen) atoms. The molecular weight excluding hydrogens is 243 g/mol. The quantitative estimate of drug-likeness (QED) is 0.771. The van der Waals surface area contributed by atoms with Crippen LogP contribution in [0.1, 0.15) is 6.92 Å². The normalized spacial score (nSPS) is 12.3. The summed E-state index contributed by atoms with van der Waals surface area (Å²) < 4.78 is 12.0. The van der Waals surface area contributed by atoms with Gasteiger partial charge in [-0.15, -0.1) is 0 Å². The number of hydrogen-bond acceptors (Lipinski definition) is 2. The van der Waals surface area contributed by atoms with E-state index in [4.69, 9.17) is 9.47 Å². The van der Waals surface area contributed by atoms with Crippen molar-refractivity contribution >= 4 is 18.4 Å². The van der Waals surface area contributed by atoms with E-state index in [9.17, 15) is 0 Å². The first-order valence-electron chi connectivity index (χ1n) is 4.58. The zero-order valence-electron chi connectivity index (χ0n) is 9.16. The molecule has 1 aromatic rings. The fourth-order valence-electron chi connectivity index (χ4n) is 1.30. The summed E-state index contributed by atoms with van der Waals surface area (Å²) in [7, 11) is 3.43. The number of methoxy groups -OCH3 is 2. The molecule has 0 spiro atoms. The zero-order chi connectivity index (χ0) is 10.6. The number of ether oxygens (including phenoxy) is 2. The summed E-state index contributed by atoms with van der Waals surface area (Å²) >= 11 is -0.767. The summed E-state index contributed by atoms with van der Waals surface area (Å²) in [5, 5.41) is 1.21. The van der Waals surface area contributed by atoms with Crippen LogP contribution >= 0.6 is 0 Å². The van der Waals surface area contributed by atoms with Crippen molar-refractivity contribution in [2.24, 2.45) is 0 Å². The minimum atomic E-state index is -0.767. The molecule has 1 rings (SSSR count). The first kappa shape index (κ1) is 11.4. The van der Waals surface area contributed by atoms with Gasteiger partial charge >= 0.3 is 89.8 Å². The Morgan fingerprint density at radius 1 is 1.14 bits per heavy atom. The van der Waals surface area contributed by atoms with Crippen LogP contribution in [-0.4, -0.2) is 28.1 Å². The van der Waals surface area contributed by atoms with Crippen molar-refractivity contribution in [2.75, 3.05) is 14.2 Å². The van der Waals surface area contributed by atoms with Crippen LogP contribution in [0.4, 0.5) is 0 Å². The second-order valence-corrected chi connectivity index (χ2v) is 7.66. The predicted octanol–water partition coefficient (Wildman–Crippen LogP) is 2.06. The molecule has 0 bridgehead atoms. The van der Waals surface area contributed by atoms with Gasteiger partial charge in [-0.1, -0.05) is 0 Å². The van der Waals surface area contributed by atoms with Gasteiger partial charge in [0.1, 0.15) is 0 Å². The van der Waals surface area contributed by atoms with E-state index in [1.54, 1.807) is 14.2 Å². The molecule has 0 fully saturated rings. The molecule has 0 N–H and O–H groups in total. The molecular formula is C11H17O2Se+. The third-order valence-corrected chi connectivity index (χ3v) is 6.29. The van der Waals surface area contributed by atoms with Crippen molar-refractivity contribution in [3.63, 3.8) is 0 Å². The average molecular weight is 260 g/mol. The maximum absolute atomic E-state index is 5.36. The van der Waals surface area contributed by atoms with Gasteiger partial charge in [-0.25, -0.2) is 0 Å². The van der Waals surface area contributed by atoms with Crippen molar-refractivity contribution in [2.45, 2.75) is 18.1 Å². The molecule has 0 amide bonds. The van der Waals surface area contributed by atoms with Crippen LogP contribution in [0.3, 0.4) is 0 Å². The molecule has 0 aliphatic heterocycles. The van der Waals surface area contributed by atoms with E-state index in [0.717, 1.165) is 11.5 Å². The summed E-state index contributed by atoms with van der Waals surface area (Å²) in [6.45, 7) is 2.22. The van der Waals surface area contributed by atoms with Crippen LogP contribution < -0.4 is 13.9 Å². The summed E-state index contributed by atoms with van der Waals surface area (Å²) in [6.07, 6.45) is 0. The van der Waals surface area contributed by atoms with Gasteiger partial charge in [-0.05, 0) is 0 Å². The van der Waals surface area contributed by atoms with E-state index >= 15 is 0 Å². The number of benzene rings is 1. The van der Waals surface area contributed by atoms with Crippen molar-refractivity contribution in [1.29, 1.82) is 0 Å². The van der Waals surface area contributed by atoms with Gasteiger partial charge in [0.2, 0.25) is 0 Å². The van der Waals surface area contributed by atoms with Crippen molar-refractivity contribution in [3.05, 3.63) is 18.2 Å². The van der Waals surface area contributed by atoms with Gasteiger partial charge in [-0.2, -0.15) is 0 Å². The zero-order valence-corrected chi connectivity index (χ0v) is 10.9. The Labute approximate surface area is 90.1 Å². The van der Waals surface area contributed by atoms with Crippen LogP contribution in [0, 0.1) is 0 Å². The van der Waals surface area contributed by atoms with E-state index in [1.165, 1.54) is 9.78 Å². The van der Waals surface area contributed by atoms with E-state index in [2.05, 4.69) is 12.7 Å². The second kappa shape index (κ2) is 5.28. The molecule has 3 heteroatoms. The molecule has 1 aromatic carbocycles. The molecule has 0 saturated carbocycles. The molecule has 0 aromatic heterocycles. The molecule has 0 radical (unpaired) electrons. The Kier molecular flexibility index (Phi) is 4.30. The Hall–Kier alpha value is -0.661. The van der Waals surface area contributed by atoms with Gasteiger partial charge in [0.25, 0.3) is 0 Å². The van der Waals surface area contributed by atoms with Gasteiger partial charge in [0.15, 0.2) is 0 Å². The topological polar surface area (TPSA) is 18.5 Å². The first-order valence-corrected chi connectivity index (χ1v) is 8.36. The molecule has 78 valence electrons. The monoisotopic (exact) mass is 261 g/mol. The van der Waals surface area contributed by atoms with Crippen LogP contribution in [0.15, 0.2) is 18.2 Å². The number of rotatable bonds is 4. The summed E-state index contributed by atoms with van der Waals surface area (Å²) in [6, 6.07) is 5.98. The van der Waals surface area contributed by atoms with Gasteiger partial charge in [-0.3, -0.25) is 0 Å². The molecule has 1 unspecified atom stereocenters. The van der Waals surface area contributed by atoms with Crippen LogP contribution in [0.5, 0.6) is 11.5 Å². The Morgan fingerprint density at radius 2 is 1.64 bits per heavy atom. The van der Waals surface area contributed by atoms with Crippen LogP contribution in [-0.2, 0) is 0 Å². The van der Waals surface area contributed by atoms with E-state index in [1.807, 2.05) is 18.2 Å². The van der Waals surface area contributed by atoms with Crippen molar-refractivity contribution in [3.8, 4) is 11.5 Å². The summed E-state index contributed by atoms with van der Waals surface area (Å²) in [5.41, 5.74) is 0. The first-order chi connectivity index (χ1) is 6.74. The third kappa shape index (κ3) is 2.23. The van der Waals surface area contributed by atoms with Crippen LogP contribution in [0.25, 0.3) is 0 Å². The predicted molar refractivity (Wildman–Crippen MR) is 61.3 cm³/mol. The molecule has 0 heterocycles. The average Bonchev–Trinajstić information content (AvgIpc) is 2.26. The van der Waals surface area contributed by atoms with Gasteiger partial charge in [0, 0.05) is 0 Å². The minimum absolute atomic E-state index is 0.767. The van der Waals surface area contributed by atoms with Gasteiger partial charge < -0.3 is 0 Å². The molecule has 2 nitrogen and oxygen atoms in total. The number of hydrogen-bond donors (Lipinski definition) is 0. The second-order valence-electron chi connectivity index (χ2n) is 2.92. The van der Waals surface area contributed by atoms with E-state index < -0.39 is 13.9 Å². The Bertz CT molecular complexity index is 277. The van der Waals surface area contributed by atoms with Crippen molar-refractivity contribution in [1.82, 2.24) is 0 Å². The summed E-state index contributed by atoms with van der Waals surface area (Å²) in [4.78, 5) is 0. The fraction of sp³-hybridized carbons (Fsp3) is 0.455. The Morgan fingerprint density at radius 3 is 2.00 bits per heavy atom. The summed E-state index contributed by atoms with van der Waals surface area (Å²) in [5.74, 6) is 4.25. The van der Waals surface area contributed by atoms with Crippen LogP contribution in [0.2, 0.25) is 11.1 Å². The van der Waals surface area contributed by atoms with E-state index in [-0.39, 0.29) is 0 Å². The Balaban J connectivity index is 3.18. The van der Waals surface area contributed by atoms with Crippen molar-refractivity contribution < 1.29 is 9.47 Å².